The van der Waals surface area contributed by atoms with Gasteiger partial charge in [-0.1, -0.05) is 312 Å². The summed E-state index contributed by atoms with van der Waals surface area (Å²) in [5.41, 5.74) is 18.5. The van der Waals surface area contributed by atoms with Crippen LogP contribution in [0.5, 0.6) is 0 Å². The van der Waals surface area contributed by atoms with E-state index in [1.165, 1.54) is 100 Å². The van der Waals surface area contributed by atoms with Crippen molar-refractivity contribution in [2.24, 2.45) is 65.0 Å². The van der Waals surface area contributed by atoms with Gasteiger partial charge in [0.15, 0.2) is 0 Å². The van der Waals surface area contributed by atoms with Gasteiger partial charge < -0.3 is 0 Å². The predicted molar refractivity (Wildman–Crippen MR) is 373 cm³/mol. The molecule has 1 aromatic rings. The first kappa shape index (κ1) is 60.8. The van der Waals surface area contributed by atoms with Crippen molar-refractivity contribution in [1.29, 1.82) is 0 Å². The topological polar surface area (TPSA) is 0 Å². The highest BCUT2D eigenvalue weighted by molar-refractivity contribution is 5.91. The maximum Gasteiger partial charge on any atom is 0.0457 e. The average Bonchev–Trinajstić information content (AvgIpc) is 0.689. The summed E-state index contributed by atoms with van der Waals surface area (Å²) in [5, 5.41) is 5.44. The first-order valence-electron chi connectivity index (χ1n) is 32.9. The first-order chi connectivity index (χ1) is 41.6. The van der Waals surface area contributed by atoms with Gasteiger partial charge in [-0.25, -0.2) is 0 Å². The van der Waals surface area contributed by atoms with E-state index >= 15 is 0 Å². The molecule has 6 atom stereocenters. The monoisotopic (exact) mass is 1170 g/mol. The summed E-state index contributed by atoms with van der Waals surface area (Å²) >= 11 is 0. The van der Waals surface area contributed by atoms with Gasteiger partial charge in [0.05, 0.1) is 0 Å². The summed E-state index contributed by atoms with van der Waals surface area (Å²) in [7, 11) is 0. The third-order valence-electron chi connectivity index (χ3n) is 23.6. The molecular formula is C90H90. The lowest BCUT2D eigenvalue weighted by atomic mass is 9.45. The fourth-order valence-corrected chi connectivity index (χ4v) is 16.7. The molecule has 0 amide bonds. The van der Waals surface area contributed by atoms with Crippen molar-refractivity contribution in [1.82, 2.24) is 0 Å². The second-order valence-corrected chi connectivity index (χ2v) is 34.7. The molecule has 13 rings (SSSR count). The molecule has 12 aliphatic carbocycles. The van der Waals surface area contributed by atoms with Crippen LogP contribution in [0, 0.1) is 138 Å². The van der Waals surface area contributed by atoms with Crippen LogP contribution in [-0.4, -0.2) is 0 Å². The molecule has 0 nitrogen and oxygen atoms in total. The van der Waals surface area contributed by atoms with Crippen LogP contribution in [0.4, 0.5) is 0 Å². The van der Waals surface area contributed by atoms with Crippen molar-refractivity contribution < 1.29 is 0 Å². The third kappa shape index (κ3) is 8.16. The van der Waals surface area contributed by atoms with E-state index in [9.17, 15) is 0 Å². The molecule has 0 heteroatoms. The van der Waals surface area contributed by atoms with E-state index in [0.29, 0.717) is 0 Å². The van der Waals surface area contributed by atoms with Crippen molar-refractivity contribution in [2.75, 3.05) is 0 Å². The lowest BCUT2D eigenvalue weighted by Gasteiger charge is -2.57. The summed E-state index contributed by atoms with van der Waals surface area (Å²) < 4.78 is 0. The van der Waals surface area contributed by atoms with E-state index < -0.39 is 32.5 Å². The van der Waals surface area contributed by atoms with Gasteiger partial charge in [0.2, 0.25) is 0 Å². The molecule has 0 N–H and O–H groups in total. The average molecular weight is 1170 g/mol. The maximum absolute atomic E-state index is 3.88. The zero-order valence-corrected chi connectivity index (χ0v) is 58.4. The van der Waals surface area contributed by atoms with Crippen LogP contribution >= 0.6 is 0 Å². The molecule has 0 aromatic heterocycles. The van der Waals surface area contributed by atoms with Gasteiger partial charge in [-0.3, -0.25) is 0 Å². The number of hydrogen-bond donors (Lipinski definition) is 0. The number of allylic oxidation sites excluding steroid dienone is 30. The number of fused-ring (bicyclic) bond motifs is 3. The van der Waals surface area contributed by atoms with Gasteiger partial charge in [-0.2, -0.15) is 0 Å². The Morgan fingerprint density at radius 2 is 0.322 bits per heavy atom. The minimum absolute atomic E-state index is 0.151. The molecular weight excluding hydrogens is 1080 g/mol. The Hall–Kier alpha value is -8.10. The molecule has 0 aliphatic heterocycles. The van der Waals surface area contributed by atoms with E-state index in [1.54, 1.807) is 0 Å². The minimum Gasteiger partial charge on any atom is -0.0578 e. The molecule has 0 radical (unpaired) electrons. The molecule has 1 aromatic carbocycles. The standard InChI is InChI=1S/C90H90/c1-79(2,3)61-43-55-37-38-56-44-62(80(4,5)6)50-74-68-32-27-28-34-70-72(78-54-66(84(16,17)18)48-60-42-41-58-46-64(82(10,11)12)52-76(70)88(58,22)90(60,78)24)36-30-29-35-71-69(33-26-25-31-67(68)73(49-61)85(55,19)86(56,74)20)75-51-63(81(7,8)9)45-57-39-40-59-47-65(83(13,14)15)53-77(71)89(59,23)87(57,75)21/h37-54H,1-24H3/t85-,86-,87-,88+,89-,90+/m1/s1. The van der Waals surface area contributed by atoms with Crippen LogP contribution in [0.2, 0.25) is 0 Å². The maximum atomic E-state index is 3.88. The van der Waals surface area contributed by atoms with Crippen LogP contribution in [-0.2, 0) is 0 Å². The van der Waals surface area contributed by atoms with Gasteiger partial charge in [0, 0.05) is 63.8 Å². The number of hydrogen-bond acceptors (Lipinski definition) is 0. The normalized spacial score (nSPS) is 28.9. The molecule has 90 heavy (non-hydrogen) atoms. The highest BCUT2D eigenvalue weighted by atomic mass is 14.6. The van der Waals surface area contributed by atoms with Gasteiger partial charge in [0.1, 0.15) is 0 Å². The quantitative estimate of drug-likeness (QED) is 0.243. The molecule has 450 valence electrons. The van der Waals surface area contributed by atoms with Gasteiger partial charge in [-0.05, 0) is 169 Å². The Kier molecular flexibility index (Phi) is 12.7. The highest BCUT2D eigenvalue weighted by Gasteiger charge is 2.61. The molecule has 0 saturated heterocycles. The summed E-state index contributed by atoms with van der Waals surface area (Å²) in [6.45, 7) is 56.4. The Morgan fingerprint density at radius 3 is 0.433 bits per heavy atom. The number of rotatable bonds is 0. The molecule has 0 heterocycles. The van der Waals surface area contributed by atoms with Crippen molar-refractivity contribution in [3.05, 3.63) is 280 Å². The van der Waals surface area contributed by atoms with Crippen LogP contribution in [0.3, 0.4) is 0 Å². The zero-order valence-electron chi connectivity index (χ0n) is 58.4. The van der Waals surface area contributed by atoms with Crippen LogP contribution < -0.4 is 31.3 Å². The third-order valence-corrected chi connectivity index (χ3v) is 23.6. The van der Waals surface area contributed by atoms with E-state index in [0.717, 1.165) is 31.3 Å². The second-order valence-electron chi connectivity index (χ2n) is 34.7. The Balaban J connectivity index is 1.32. The van der Waals surface area contributed by atoms with E-state index in [4.69, 9.17) is 0 Å². The largest absolute Gasteiger partial charge is 0.0578 e. The molecule has 0 spiro atoms. The molecule has 0 bridgehead atoms. The molecule has 0 unspecified atom stereocenters. The van der Waals surface area contributed by atoms with E-state index in [1.807, 2.05) is 0 Å². The van der Waals surface area contributed by atoms with Gasteiger partial charge >= 0.3 is 0 Å². The van der Waals surface area contributed by atoms with Crippen molar-refractivity contribution in [3.63, 3.8) is 0 Å². The highest BCUT2D eigenvalue weighted by Crippen LogP contribution is 2.69. The van der Waals surface area contributed by atoms with Crippen LogP contribution in [0.25, 0.3) is 33.4 Å². The molecule has 0 fully saturated rings. The summed E-state index contributed by atoms with van der Waals surface area (Å²) in [6.07, 6.45) is 43.7. The SMILES string of the molecule is CC(C)(C)C1=CC2=c3c#cc#cc4c(c#cc#cc5c(c#cc#cc3=C3C=C(C(C)(C)C)C=C6C=CC(=C1)[C@]2(C)[C@@]63C)=C1C=C(C(C)(C)C)C=C2C=CC3=CC(C(C)(C)C)=CC=5[C@]3(C)[C@]21C)=C1C=C(C(C)(C)C)C=C2C=CC3=CC(C(C)(C)C)=CC=4[C@]3(C)[C@]21C. The van der Waals surface area contributed by atoms with Gasteiger partial charge in [0.25, 0.3) is 0 Å². The Morgan fingerprint density at radius 1 is 0.200 bits per heavy atom. The smallest absolute Gasteiger partial charge is 0.0457 e. The van der Waals surface area contributed by atoms with Gasteiger partial charge in [-0.15, -0.1) is 0 Å². The van der Waals surface area contributed by atoms with E-state index in [2.05, 4.69) is 348 Å². The summed E-state index contributed by atoms with van der Waals surface area (Å²) in [4.78, 5) is 0. The fourth-order valence-electron chi connectivity index (χ4n) is 16.7. The van der Waals surface area contributed by atoms with Crippen molar-refractivity contribution >= 4 is 33.4 Å². The lowest BCUT2D eigenvalue weighted by molar-refractivity contribution is 0.298. The van der Waals surface area contributed by atoms with Crippen LogP contribution in [0.1, 0.15) is 166 Å². The first-order valence-corrected chi connectivity index (χ1v) is 32.9. The lowest BCUT2D eigenvalue weighted by Crippen LogP contribution is -2.54. The fraction of sp³-hybridized carbons (Fsp3) is 0.400. The Labute approximate surface area is 541 Å². The summed E-state index contributed by atoms with van der Waals surface area (Å²) in [6, 6.07) is 44.9. The Bertz CT molecular complexity index is 3940. The minimum atomic E-state index is -0.485. The van der Waals surface area contributed by atoms with Crippen LogP contribution in [0.15, 0.2) is 176 Å². The van der Waals surface area contributed by atoms with Crippen molar-refractivity contribution in [2.45, 2.75) is 166 Å². The van der Waals surface area contributed by atoms with E-state index in [-0.39, 0.29) is 32.5 Å². The second kappa shape index (κ2) is 18.8. The zero-order chi connectivity index (χ0) is 65.1. The molecule has 12 aliphatic rings. The predicted octanol–water partition coefficient (Wildman–Crippen LogP) is 16.8. The molecule has 0 saturated carbocycles. The van der Waals surface area contributed by atoms with Crippen molar-refractivity contribution in [3.8, 4) is 0 Å². The summed E-state index contributed by atoms with van der Waals surface area (Å²) in [5.74, 6) is 0.